The summed E-state index contributed by atoms with van der Waals surface area (Å²) in [5, 5.41) is 10.2. The third-order valence-corrected chi connectivity index (χ3v) is 4.81. The number of benzene rings is 1. The van der Waals surface area contributed by atoms with E-state index in [4.69, 9.17) is 0 Å². The van der Waals surface area contributed by atoms with Gasteiger partial charge >= 0.3 is 0 Å². The average Bonchev–Trinajstić information content (AvgIpc) is 2.43. The van der Waals surface area contributed by atoms with E-state index in [2.05, 4.69) is 42.2 Å². The first kappa shape index (κ1) is 12.2. The summed E-state index contributed by atoms with van der Waals surface area (Å²) in [4.78, 5) is 2.59. The molecular weight excluding hydrogens is 222 g/mol. The van der Waals surface area contributed by atoms with Gasteiger partial charge in [0.1, 0.15) is 0 Å². The minimum Gasteiger partial charge on any atom is -0.391 e. The first-order valence-corrected chi connectivity index (χ1v) is 7.28. The second kappa shape index (κ2) is 5.02. The van der Waals surface area contributed by atoms with Crippen LogP contribution in [0.4, 0.5) is 0 Å². The highest BCUT2D eigenvalue weighted by atomic mass is 16.3. The number of fused-ring (bicyclic) bond motifs is 2. The first-order chi connectivity index (χ1) is 8.77. The standard InChI is InChI=1S/C16H23NO/c1-12(13-6-3-2-4-7-13)17-14-8-5-9-15(17)16(18)11-10-14/h2-4,6-7,12,14-16,18H,5,8-11H2,1H3/t12?,14-,15+,16-/m0/s1. The van der Waals surface area contributed by atoms with Crippen molar-refractivity contribution in [3.05, 3.63) is 35.9 Å². The molecule has 4 atom stereocenters. The summed E-state index contributed by atoms with van der Waals surface area (Å²) in [6, 6.07) is 12.2. The average molecular weight is 245 g/mol. The number of aliphatic hydroxyl groups is 1. The van der Waals surface area contributed by atoms with Gasteiger partial charge in [0.25, 0.3) is 0 Å². The number of nitrogens with zero attached hydrogens (tertiary/aromatic N) is 1. The molecule has 2 bridgehead atoms. The molecule has 1 aromatic rings. The van der Waals surface area contributed by atoms with Crippen molar-refractivity contribution in [1.29, 1.82) is 0 Å². The molecule has 0 aromatic heterocycles. The molecule has 2 fully saturated rings. The maximum atomic E-state index is 10.2. The lowest BCUT2D eigenvalue weighted by molar-refractivity contribution is -0.0685. The molecule has 2 aliphatic heterocycles. The van der Waals surface area contributed by atoms with Crippen LogP contribution in [0.3, 0.4) is 0 Å². The minimum atomic E-state index is -0.118. The Bertz CT molecular complexity index is 391. The molecule has 0 aliphatic carbocycles. The largest absolute Gasteiger partial charge is 0.391 e. The Hall–Kier alpha value is -0.860. The quantitative estimate of drug-likeness (QED) is 0.865. The molecule has 1 aromatic carbocycles. The predicted octanol–water partition coefficient (Wildman–Crippen LogP) is 3.13. The van der Waals surface area contributed by atoms with E-state index in [0.717, 1.165) is 19.3 Å². The molecule has 2 aliphatic rings. The van der Waals surface area contributed by atoms with E-state index in [0.29, 0.717) is 18.1 Å². The summed E-state index contributed by atoms with van der Waals surface area (Å²) < 4.78 is 0. The molecule has 2 nitrogen and oxygen atoms in total. The molecule has 98 valence electrons. The Balaban J connectivity index is 1.86. The van der Waals surface area contributed by atoms with Gasteiger partial charge in [-0.3, -0.25) is 4.90 Å². The Kier molecular flexibility index (Phi) is 3.40. The smallest absolute Gasteiger partial charge is 0.0696 e. The lowest BCUT2D eigenvalue weighted by atomic mass is 9.81. The topological polar surface area (TPSA) is 23.5 Å². The number of hydrogen-bond donors (Lipinski definition) is 1. The Labute approximate surface area is 110 Å². The van der Waals surface area contributed by atoms with Gasteiger partial charge < -0.3 is 5.11 Å². The van der Waals surface area contributed by atoms with E-state index in [-0.39, 0.29) is 6.10 Å². The van der Waals surface area contributed by atoms with E-state index in [1.54, 1.807) is 0 Å². The third kappa shape index (κ3) is 2.08. The van der Waals surface area contributed by atoms with Gasteiger partial charge in [-0.15, -0.1) is 0 Å². The lowest BCUT2D eigenvalue weighted by Gasteiger charge is -2.51. The second-order valence-electron chi connectivity index (χ2n) is 5.83. The van der Waals surface area contributed by atoms with E-state index >= 15 is 0 Å². The van der Waals surface area contributed by atoms with Crippen molar-refractivity contribution in [2.45, 2.75) is 63.3 Å². The summed E-state index contributed by atoms with van der Waals surface area (Å²) >= 11 is 0. The third-order valence-electron chi connectivity index (χ3n) is 4.81. The molecule has 1 unspecified atom stereocenters. The SMILES string of the molecule is CC(c1ccccc1)N1[C@H]2CCC[C@@H]1[C@@H](O)CC2. The fourth-order valence-corrected chi connectivity index (χ4v) is 3.88. The highest BCUT2D eigenvalue weighted by molar-refractivity contribution is 5.19. The zero-order valence-corrected chi connectivity index (χ0v) is 11.1. The molecular formula is C16H23NO. The number of hydrogen-bond acceptors (Lipinski definition) is 2. The van der Waals surface area contributed by atoms with E-state index in [9.17, 15) is 5.11 Å². The van der Waals surface area contributed by atoms with Crippen LogP contribution in [-0.2, 0) is 0 Å². The summed E-state index contributed by atoms with van der Waals surface area (Å²) in [7, 11) is 0. The molecule has 0 amide bonds. The maximum absolute atomic E-state index is 10.2. The minimum absolute atomic E-state index is 0.118. The monoisotopic (exact) mass is 245 g/mol. The fourth-order valence-electron chi connectivity index (χ4n) is 3.88. The van der Waals surface area contributed by atoms with Gasteiger partial charge in [0.15, 0.2) is 0 Å². The number of aliphatic hydroxyl groups excluding tert-OH is 1. The van der Waals surface area contributed by atoms with Crippen molar-refractivity contribution in [3.8, 4) is 0 Å². The molecule has 0 radical (unpaired) electrons. The number of rotatable bonds is 2. The van der Waals surface area contributed by atoms with Crippen LogP contribution in [0.1, 0.15) is 50.6 Å². The Morgan fingerprint density at radius 2 is 1.89 bits per heavy atom. The van der Waals surface area contributed by atoms with Crippen molar-refractivity contribution in [2.75, 3.05) is 0 Å². The van der Waals surface area contributed by atoms with Crippen LogP contribution >= 0.6 is 0 Å². The van der Waals surface area contributed by atoms with Crippen molar-refractivity contribution in [1.82, 2.24) is 4.90 Å². The highest BCUT2D eigenvalue weighted by Gasteiger charge is 2.41. The summed E-state index contributed by atoms with van der Waals surface area (Å²) in [6.45, 7) is 2.29. The van der Waals surface area contributed by atoms with Gasteiger partial charge in [-0.05, 0) is 38.2 Å². The van der Waals surface area contributed by atoms with Crippen molar-refractivity contribution >= 4 is 0 Å². The van der Waals surface area contributed by atoms with Crippen LogP contribution in [0.2, 0.25) is 0 Å². The number of piperidine rings is 2. The normalized spacial score (nSPS) is 34.2. The molecule has 1 N–H and O–H groups in total. The fraction of sp³-hybridized carbons (Fsp3) is 0.625. The summed E-state index contributed by atoms with van der Waals surface area (Å²) in [5.74, 6) is 0. The Morgan fingerprint density at radius 1 is 1.11 bits per heavy atom. The second-order valence-corrected chi connectivity index (χ2v) is 5.83. The molecule has 2 heterocycles. The van der Waals surface area contributed by atoms with Gasteiger partial charge in [-0.1, -0.05) is 36.8 Å². The van der Waals surface area contributed by atoms with E-state index < -0.39 is 0 Å². The van der Waals surface area contributed by atoms with Crippen molar-refractivity contribution in [2.24, 2.45) is 0 Å². The first-order valence-electron chi connectivity index (χ1n) is 7.28. The van der Waals surface area contributed by atoms with Crippen LogP contribution in [0.25, 0.3) is 0 Å². The van der Waals surface area contributed by atoms with Gasteiger partial charge in [0, 0.05) is 18.1 Å². The van der Waals surface area contributed by atoms with Crippen LogP contribution in [0.15, 0.2) is 30.3 Å². The lowest BCUT2D eigenvalue weighted by Crippen LogP contribution is -2.56. The molecule has 0 saturated carbocycles. The predicted molar refractivity (Wildman–Crippen MR) is 73.4 cm³/mol. The van der Waals surface area contributed by atoms with Gasteiger partial charge in [0.2, 0.25) is 0 Å². The Morgan fingerprint density at radius 3 is 2.67 bits per heavy atom. The van der Waals surface area contributed by atoms with Gasteiger partial charge in [-0.2, -0.15) is 0 Å². The van der Waals surface area contributed by atoms with Crippen LogP contribution in [0.5, 0.6) is 0 Å². The summed E-state index contributed by atoms with van der Waals surface area (Å²) in [5.41, 5.74) is 1.38. The van der Waals surface area contributed by atoms with Gasteiger partial charge in [-0.25, -0.2) is 0 Å². The van der Waals surface area contributed by atoms with Crippen molar-refractivity contribution in [3.63, 3.8) is 0 Å². The zero-order valence-electron chi connectivity index (χ0n) is 11.1. The molecule has 18 heavy (non-hydrogen) atoms. The van der Waals surface area contributed by atoms with Crippen LogP contribution in [-0.4, -0.2) is 28.2 Å². The molecule has 2 saturated heterocycles. The van der Waals surface area contributed by atoms with Crippen LogP contribution in [0, 0.1) is 0 Å². The van der Waals surface area contributed by atoms with E-state index in [1.807, 2.05) is 0 Å². The highest BCUT2D eigenvalue weighted by Crippen LogP contribution is 2.39. The molecule has 0 spiro atoms. The molecule has 3 rings (SSSR count). The van der Waals surface area contributed by atoms with E-state index in [1.165, 1.54) is 18.4 Å². The van der Waals surface area contributed by atoms with Crippen LogP contribution < -0.4 is 0 Å². The maximum Gasteiger partial charge on any atom is 0.0696 e. The zero-order chi connectivity index (χ0) is 12.5. The van der Waals surface area contributed by atoms with Crippen molar-refractivity contribution < 1.29 is 5.11 Å². The molecule has 2 heteroatoms. The van der Waals surface area contributed by atoms with Gasteiger partial charge in [0.05, 0.1) is 6.10 Å². The summed E-state index contributed by atoms with van der Waals surface area (Å²) in [6.07, 6.45) is 5.79.